The van der Waals surface area contributed by atoms with E-state index in [1.54, 1.807) is 7.11 Å². The van der Waals surface area contributed by atoms with Crippen LogP contribution in [-0.2, 0) is 0 Å². The van der Waals surface area contributed by atoms with Crippen LogP contribution in [0.2, 0.25) is 0 Å². The van der Waals surface area contributed by atoms with E-state index in [0.717, 1.165) is 23.6 Å². The summed E-state index contributed by atoms with van der Waals surface area (Å²) in [6, 6.07) is 4.80. The Morgan fingerprint density at radius 2 is 2.19 bits per heavy atom. The maximum Gasteiger partial charge on any atom is 0.231 e. The van der Waals surface area contributed by atoms with E-state index in [4.69, 9.17) is 19.9 Å². The number of fused-ring (bicyclic) bond motifs is 1. The molecule has 3 rings (SSSR count). The minimum absolute atomic E-state index is 0.188. The first kappa shape index (κ1) is 14.5. The largest absolute Gasteiger partial charge is 0.493 e. The van der Waals surface area contributed by atoms with Crippen LogP contribution in [0.25, 0.3) is 0 Å². The number of hydrogen-bond donors (Lipinski definition) is 1. The molecule has 3 atom stereocenters. The molecule has 0 aromatic heterocycles. The molecule has 0 radical (unpaired) electrons. The summed E-state index contributed by atoms with van der Waals surface area (Å²) in [6.45, 7) is 6.49. The summed E-state index contributed by atoms with van der Waals surface area (Å²) >= 11 is 0. The van der Waals surface area contributed by atoms with E-state index in [0.29, 0.717) is 24.3 Å². The van der Waals surface area contributed by atoms with Gasteiger partial charge in [-0.1, -0.05) is 6.92 Å². The predicted octanol–water partition coefficient (Wildman–Crippen LogP) is 2.15. The number of likely N-dealkylation sites (tertiary alicyclic amines) is 1. The van der Waals surface area contributed by atoms with Crippen LogP contribution in [0.4, 0.5) is 0 Å². The first-order valence-corrected chi connectivity index (χ1v) is 7.57. The molecule has 2 aliphatic heterocycles. The van der Waals surface area contributed by atoms with Crippen molar-refractivity contribution in [1.29, 1.82) is 0 Å². The number of benzene rings is 1. The number of nitrogens with zero attached hydrogens (tertiary/aromatic N) is 1. The molecule has 21 heavy (non-hydrogen) atoms. The highest BCUT2D eigenvalue weighted by Crippen LogP contribution is 2.44. The van der Waals surface area contributed by atoms with Crippen LogP contribution in [0.15, 0.2) is 12.1 Å². The lowest BCUT2D eigenvalue weighted by Crippen LogP contribution is -2.36. The zero-order chi connectivity index (χ0) is 15.0. The maximum absolute atomic E-state index is 6.07. The van der Waals surface area contributed by atoms with Crippen molar-refractivity contribution in [2.24, 2.45) is 11.7 Å². The smallest absolute Gasteiger partial charge is 0.231 e. The lowest BCUT2D eigenvalue weighted by Gasteiger charge is -2.31. The molecule has 0 saturated carbocycles. The number of ether oxygens (including phenoxy) is 3. The Kier molecular flexibility index (Phi) is 3.95. The fourth-order valence-corrected chi connectivity index (χ4v) is 3.57. The van der Waals surface area contributed by atoms with Gasteiger partial charge < -0.3 is 19.9 Å². The molecular weight excluding hydrogens is 268 g/mol. The summed E-state index contributed by atoms with van der Waals surface area (Å²) in [5.41, 5.74) is 7.21. The molecule has 1 saturated heterocycles. The average Bonchev–Trinajstić information content (AvgIpc) is 3.05. The molecule has 2 N–H and O–H groups in total. The molecule has 0 bridgehead atoms. The van der Waals surface area contributed by atoms with Crippen molar-refractivity contribution in [2.45, 2.75) is 32.4 Å². The van der Waals surface area contributed by atoms with Gasteiger partial charge in [0.25, 0.3) is 0 Å². The molecule has 2 aliphatic rings. The SMILES string of the molecule is COc1cc(C(CN)N2CC(C)CC2C)cc2c1OCO2. The second-order valence-corrected chi connectivity index (χ2v) is 6.10. The lowest BCUT2D eigenvalue weighted by molar-refractivity contribution is 0.171. The average molecular weight is 292 g/mol. The monoisotopic (exact) mass is 292 g/mol. The van der Waals surface area contributed by atoms with Gasteiger partial charge in [-0.05, 0) is 37.0 Å². The van der Waals surface area contributed by atoms with Crippen molar-refractivity contribution in [2.75, 3.05) is 27.0 Å². The van der Waals surface area contributed by atoms with Crippen molar-refractivity contribution >= 4 is 0 Å². The molecular formula is C16H24N2O3. The van der Waals surface area contributed by atoms with Gasteiger partial charge in [0.05, 0.1) is 7.11 Å². The Morgan fingerprint density at radius 3 is 2.81 bits per heavy atom. The highest BCUT2D eigenvalue weighted by atomic mass is 16.7. The van der Waals surface area contributed by atoms with E-state index in [1.807, 2.05) is 12.1 Å². The number of methoxy groups -OCH3 is 1. The third-order valence-electron chi connectivity index (χ3n) is 4.52. The van der Waals surface area contributed by atoms with E-state index in [2.05, 4.69) is 18.7 Å². The summed E-state index contributed by atoms with van der Waals surface area (Å²) in [5, 5.41) is 0. The second-order valence-electron chi connectivity index (χ2n) is 6.10. The van der Waals surface area contributed by atoms with Gasteiger partial charge in [0, 0.05) is 25.2 Å². The van der Waals surface area contributed by atoms with Crippen molar-refractivity contribution in [3.63, 3.8) is 0 Å². The summed E-state index contributed by atoms with van der Waals surface area (Å²) in [6.07, 6.45) is 1.22. The Hall–Kier alpha value is -1.46. The Morgan fingerprint density at radius 1 is 1.38 bits per heavy atom. The van der Waals surface area contributed by atoms with Gasteiger partial charge in [0.15, 0.2) is 11.5 Å². The molecule has 116 valence electrons. The van der Waals surface area contributed by atoms with Crippen molar-refractivity contribution in [1.82, 2.24) is 4.90 Å². The van der Waals surface area contributed by atoms with Gasteiger partial charge in [-0.3, -0.25) is 4.90 Å². The van der Waals surface area contributed by atoms with Crippen molar-refractivity contribution in [3.05, 3.63) is 17.7 Å². The van der Waals surface area contributed by atoms with Crippen LogP contribution in [0.3, 0.4) is 0 Å². The topological polar surface area (TPSA) is 57.0 Å². The molecule has 1 aromatic rings. The minimum atomic E-state index is 0.188. The summed E-state index contributed by atoms with van der Waals surface area (Å²) in [7, 11) is 1.65. The molecule has 2 heterocycles. The van der Waals surface area contributed by atoms with E-state index >= 15 is 0 Å². The third kappa shape index (κ3) is 2.56. The highest BCUT2D eigenvalue weighted by Gasteiger charge is 2.33. The predicted molar refractivity (Wildman–Crippen MR) is 80.9 cm³/mol. The van der Waals surface area contributed by atoms with Crippen LogP contribution in [0, 0.1) is 5.92 Å². The Balaban J connectivity index is 1.94. The number of nitrogens with two attached hydrogens (primary N) is 1. The number of rotatable bonds is 4. The van der Waals surface area contributed by atoms with E-state index in [9.17, 15) is 0 Å². The van der Waals surface area contributed by atoms with Gasteiger partial charge in [-0.25, -0.2) is 0 Å². The molecule has 5 heteroatoms. The van der Waals surface area contributed by atoms with Crippen LogP contribution in [0.1, 0.15) is 31.9 Å². The van der Waals surface area contributed by atoms with Gasteiger partial charge in [-0.2, -0.15) is 0 Å². The van der Waals surface area contributed by atoms with Gasteiger partial charge >= 0.3 is 0 Å². The molecule has 1 fully saturated rings. The quantitative estimate of drug-likeness (QED) is 0.921. The summed E-state index contributed by atoms with van der Waals surface area (Å²) in [5.74, 6) is 2.88. The fourth-order valence-electron chi connectivity index (χ4n) is 3.57. The molecule has 5 nitrogen and oxygen atoms in total. The zero-order valence-corrected chi connectivity index (χ0v) is 13.0. The van der Waals surface area contributed by atoms with Crippen LogP contribution in [-0.4, -0.2) is 37.9 Å². The maximum atomic E-state index is 6.07. The van der Waals surface area contributed by atoms with Crippen molar-refractivity contribution in [3.8, 4) is 17.2 Å². The summed E-state index contributed by atoms with van der Waals surface area (Å²) < 4.78 is 16.4. The first-order valence-electron chi connectivity index (χ1n) is 7.57. The lowest BCUT2D eigenvalue weighted by atomic mass is 10.0. The van der Waals surface area contributed by atoms with E-state index < -0.39 is 0 Å². The van der Waals surface area contributed by atoms with Crippen LogP contribution in [0.5, 0.6) is 17.2 Å². The standard InChI is InChI=1S/C16H24N2O3/c1-10-4-11(2)18(8-10)13(7-17)12-5-14(19-3)16-15(6-12)20-9-21-16/h5-6,10-11,13H,4,7-9,17H2,1-3H3. The van der Waals surface area contributed by atoms with Gasteiger partial charge in [-0.15, -0.1) is 0 Å². The minimum Gasteiger partial charge on any atom is -0.493 e. The second kappa shape index (κ2) is 5.73. The zero-order valence-electron chi connectivity index (χ0n) is 13.0. The first-order chi connectivity index (χ1) is 10.1. The molecule has 0 aliphatic carbocycles. The normalized spacial score (nSPS) is 26.1. The van der Waals surface area contributed by atoms with Gasteiger partial charge in [0.2, 0.25) is 12.5 Å². The van der Waals surface area contributed by atoms with Crippen LogP contribution >= 0.6 is 0 Å². The molecule has 0 amide bonds. The highest BCUT2D eigenvalue weighted by molar-refractivity contribution is 5.55. The number of hydrogen-bond acceptors (Lipinski definition) is 5. The van der Waals surface area contributed by atoms with Crippen LogP contribution < -0.4 is 19.9 Å². The Labute approximate surface area is 126 Å². The summed E-state index contributed by atoms with van der Waals surface area (Å²) in [4.78, 5) is 2.49. The van der Waals surface area contributed by atoms with E-state index in [1.165, 1.54) is 6.42 Å². The van der Waals surface area contributed by atoms with E-state index in [-0.39, 0.29) is 12.8 Å². The molecule has 3 unspecified atom stereocenters. The molecule has 1 aromatic carbocycles. The van der Waals surface area contributed by atoms with Gasteiger partial charge in [0.1, 0.15) is 0 Å². The Bertz CT molecular complexity index is 520. The third-order valence-corrected chi connectivity index (χ3v) is 4.52. The van der Waals surface area contributed by atoms with Crippen molar-refractivity contribution < 1.29 is 14.2 Å². The fraction of sp³-hybridized carbons (Fsp3) is 0.625. The molecule has 0 spiro atoms.